The summed E-state index contributed by atoms with van der Waals surface area (Å²) in [6, 6.07) is -4.35. The molecular formula is C22H42N8O6. The van der Waals surface area contributed by atoms with Crippen molar-refractivity contribution in [3.05, 3.63) is 0 Å². The van der Waals surface area contributed by atoms with Crippen molar-refractivity contribution < 1.29 is 29.1 Å². The van der Waals surface area contributed by atoms with Crippen LogP contribution in [0, 0.1) is 11.8 Å². The molecule has 0 rings (SSSR count). The highest BCUT2D eigenvalue weighted by molar-refractivity contribution is 5.94. The molecule has 0 heterocycles. The van der Waals surface area contributed by atoms with Crippen LogP contribution in [-0.2, 0) is 24.0 Å². The Kier molecular flexibility index (Phi) is 14.7. The molecule has 14 nitrogen and oxygen atoms in total. The molecular weight excluding hydrogens is 472 g/mol. The van der Waals surface area contributed by atoms with Gasteiger partial charge < -0.3 is 44.0 Å². The van der Waals surface area contributed by atoms with Crippen LogP contribution in [0.2, 0.25) is 0 Å². The monoisotopic (exact) mass is 514 g/mol. The molecule has 0 bridgehead atoms. The lowest BCUT2D eigenvalue weighted by molar-refractivity contribution is -0.142. The van der Waals surface area contributed by atoms with E-state index in [1.165, 1.54) is 0 Å². The van der Waals surface area contributed by atoms with Gasteiger partial charge in [0.15, 0.2) is 5.96 Å². The highest BCUT2D eigenvalue weighted by Gasteiger charge is 2.31. The number of guanidine groups is 1. The maximum absolute atomic E-state index is 13.1. The predicted octanol–water partition coefficient (Wildman–Crippen LogP) is -2.13. The van der Waals surface area contributed by atoms with E-state index in [2.05, 4.69) is 20.9 Å². The number of carbonyl (C=O) groups is 5. The van der Waals surface area contributed by atoms with Gasteiger partial charge in [-0.05, 0) is 37.5 Å². The van der Waals surface area contributed by atoms with Gasteiger partial charge in [-0.1, -0.05) is 27.7 Å². The number of amides is 4. The summed E-state index contributed by atoms with van der Waals surface area (Å²) in [6.07, 6.45) is 0.266. The van der Waals surface area contributed by atoms with Crippen LogP contribution in [-0.4, -0.2) is 71.4 Å². The number of carboxylic acids is 1. The maximum Gasteiger partial charge on any atom is 0.326 e. The van der Waals surface area contributed by atoms with Crippen molar-refractivity contribution in [2.45, 2.75) is 84.0 Å². The summed E-state index contributed by atoms with van der Waals surface area (Å²) in [5, 5.41) is 16.9. The van der Waals surface area contributed by atoms with E-state index in [0.717, 1.165) is 0 Å². The lowest BCUT2D eigenvalue weighted by Crippen LogP contribution is -2.57. The number of hydrogen-bond acceptors (Lipinski definition) is 7. The van der Waals surface area contributed by atoms with Crippen LogP contribution in [0.5, 0.6) is 0 Å². The van der Waals surface area contributed by atoms with Gasteiger partial charge in [0.05, 0.1) is 6.04 Å². The van der Waals surface area contributed by atoms with Gasteiger partial charge in [-0.2, -0.15) is 0 Å². The molecule has 0 radical (unpaired) electrons. The Balaban J connectivity index is 5.61. The second-order valence-corrected chi connectivity index (χ2v) is 9.37. The van der Waals surface area contributed by atoms with Gasteiger partial charge in [-0.3, -0.25) is 24.2 Å². The van der Waals surface area contributed by atoms with E-state index in [0.29, 0.717) is 6.42 Å². The predicted molar refractivity (Wildman–Crippen MR) is 134 cm³/mol. The van der Waals surface area contributed by atoms with Gasteiger partial charge in [-0.15, -0.1) is 0 Å². The number of rotatable bonds is 17. The maximum atomic E-state index is 13.1. The number of aliphatic carboxylic acids is 1. The number of nitrogens with one attached hydrogen (secondary N) is 3. The van der Waals surface area contributed by atoms with Crippen molar-refractivity contribution in [3.63, 3.8) is 0 Å². The number of carbonyl (C=O) groups excluding carboxylic acids is 4. The Hall–Kier alpha value is -3.42. The SMILES string of the molecule is CC(C)CC(NC(=O)C(CCCN=C(N)N)NC(=O)C(N)C(C)C)C(=O)NC(CCC(N)=O)C(=O)O. The van der Waals surface area contributed by atoms with Gasteiger partial charge in [0.25, 0.3) is 0 Å². The van der Waals surface area contributed by atoms with Gasteiger partial charge in [0.1, 0.15) is 18.1 Å². The highest BCUT2D eigenvalue weighted by atomic mass is 16.4. The Morgan fingerprint density at radius 1 is 0.806 bits per heavy atom. The van der Waals surface area contributed by atoms with Crippen LogP contribution >= 0.6 is 0 Å². The summed E-state index contributed by atoms with van der Waals surface area (Å²) in [5.41, 5.74) is 21.6. The fourth-order valence-corrected chi connectivity index (χ4v) is 3.13. The average Bonchev–Trinajstić information content (AvgIpc) is 2.76. The molecule has 12 N–H and O–H groups in total. The lowest BCUT2D eigenvalue weighted by Gasteiger charge is -2.26. The molecule has 4 unspecified atom stereocenters. The molecule has 14 heteroatoms. The van der Waals surface area contributed by atoms with Crippen LogP contribution in [0.4, 0.5) is 0 Å². The van der Waals surface area contributed by atoms with Gasteiger partial charge in [0, 0.05) is 13.0 Å². The van der Waals surface area contributed by atoms with Crippen molar-refractivity contribution in [2.75, 3.05) is 6.54 Å². The summed E-state index contributed by atoms with van der Waals surface area (Å²) >= 11 is 0. The molecule has 0 saturated carbocycles. The normalized spacial score (nSPS) is 14.3. The van der Waals surface area contributed by atoms with Gasteiger partial charge in [-0.25, -0.2) is 4.79 Å². The third kappa shape index (κ3) is 13.5. The molecule has 0 aliphatic rings. The summed E-state index contributed by atoms with van der Waals surface area (Å²) < 4.78 is 0. The van der Waals surface area contributed by atoms with E-state index in [1.54, 1.807) is 13.8 Å². The Labute approximate surface area is 211 Å². The molecule has 0 aliphatic carbocycles. The number of primary amides is 1. The summed E-state index contributed by atoms with van der Waals surface area (Å²) in [7, 11) is 0. The molecule has 0 aromatic carbocycles. The number of carboxylic acid groups (broad SMARTS) is 1. The number of aliphatic imine (C=N–C) groups is 1. The molecule has 206 valence electrons. The zero-order valence-electron chi connectivity index (χ0n) is 21.5. The third-order valence-electron chi connectivity index (χ3n) is 5.23. The zero-order chi connectivity index (χ0) is 28.0. The summed E-state index contributed by atoms with van der Waals surface area (Å²) in [5.74, 6) is -4.29. The molecule has 0 aromatic heterocycles. The van der Waals surface area contributed by atoms with Crippen molar-refractivity contribution in [1.82, 2.24) is 16.0 Å². The molecule has 0 spiro atoms. The van der Waals surface area contributed by atoms with Crippen LogP contribution < -0.4 is 38.9 Å². The quantitative estimate of drug-likeness (QED) is 0.0598. The van der Waals surface area contributed by atoms with Crippen molar-refractivity contribution in [2.24, 2.45) is 39.8 Å². The van der Waals surface area contributed by atoms with E-state index < -0.39 is 53.8 Å². The standard InChI is InChI=1S/C22H42N8O6/c1-11(2)10-15(19(33)29-14(21(35)36)7-8-16(23)31)30-18(32)13(6-5-9-27-22(25)26)28-20(34)17(24)12(3)4/h11-15,17H,5-10,24H2,1-4H3,(H2,23,31)(H,28,34)(H,29,33)(H,30,32)(H,35,36)(H4,25,26,27). The van der Waals surface area contributed by atoms with Crippen LogP contribution in [0.25, 0.3) is 0 Å². The fourth-order valence-electron chi connectivity index (χ4n) is 3.13. The molecule has 4 amide bonds. The second kappa shape index (κ2) is 16.3. The smallest absolute Gasteiger partial charge is 0.326 e. The lowest BCUT2D eigenvalue weighted by atomic mass is 10.0. The topological polar surface area (TPSA) is 258 Å². The first-order valence-electron chi connectivity index (χ1n) is 11.9. The van der Waals surface area contributed by atoms with Crippen molar-refractivity contribution in [3.8, 4) is 0 Å². The zero-order valence-corrected chi connectivity index (χ0v) is 21.5. The number of hydrogen-bond donors (Lipinski definition) is 8. The molecule has 0 fully saturated rings. The first-order valence-corrected chi connectivity index (χ1v) is 11.9. The minimum Gasteiger partial charge on any atom is -0.480 e. The largest absolute Gasteiger partial charge is 0.480 e. The van der Waals surface area contributed by atoms with Crippen LogP contribution in [0.3, 0.4) is 0 Å². The van der Waals surface area contributed by atoms with Crippen LogP contribution in [0.15, 0.2) is 4.99 Å². The number of nitrogens with two attached hydrogens (primary N) is 4. The van der Waals surface area contributed by atoms with Crippen molar-refractivity contribution >= 4 is 35.6 Å². The highest BCUT2D eigenvalue weighted by Crippen LogP contribution is 2.09. The summed E-state index contributed by atoms with van der Waals surface area (Å²) in [4.78, 5) is 64.9. The van der Waals surface area contributed by atoms with E-state index in [1.807, 2.05) is 13.8 Å². The van der Waals surface area contributed by atoms with E-state index in [4.69, 9.17) is 22.9 Å². The molecule has 4 atom stereocenters. The molecule has 0 saturated heterocycles. The molecule has 36 heavy (non-hydrogen) atoms. The number of nitrogens with zero attached hydrogens (tertiary/aromatic N) is 1. The van der Waals surface area contributed by atoms with E-state index in [-0.39, 0.29) is 50.0 Å². The fraction of sp³-hybridized carbons (Fsp3) is 0.727. The Morgan fingerprint density at radius 3 is 1.81 bits per heavy atom. The molecule has 0 aliphatic heterocycles. The van der Waals surface area contributed by atoms with Crippen LogP contribution in [0.1, 0.15) is 59.8 Å². The first kappa shape index (κ1) is 32.6. The van der Waals surface area contributed by atoms with E-state index >= 15 is 0 Å². The Bertz CT molecular complexity index is 797. The second-order valence-electron chi connectivity index (χ2n) is 9.37. The first-order chi connectivity index (χ1) is 16.6. The molecule has 0 aromatic rings. The minimum absolute atomic E-state index is 0.0424. The Morgan fingerprint density at radius 2 is 1.33 bits per heavy atom. The van der Waals surface area contributed by atoms with Gasteiger partial charge in [0.2, 0.25) is 23.6 Å². The van der Waals surface area contributed by atoms with E-state index in [9.17, 15) is 29.1 Å². The summed E-state index contributed by atoms with van der Waals surface area (Å²) in [6.45, 7) is 7.39. The average molecular weight is 515 g/mol. The minimum atomic E-state index is -1.37. The third-order valence-corrected chi connectivity index (χ3v) is 5.23. The van der Waals surface area contributed by atoms with Gasteiger partial charge >= 0.3 is 5.97 Å². The van der Waals surface area contributed by atoms with Crippen molar-refractivity contribution in [1.29, 1.82) is 0 Å².